The normalized spacial score (nSPS) is 25.6. The average Bonchev–Trinajstić information content (AvgIpc) is 3.90. The summed E-state index contributed by atoms with van der Waals surface area (Å²) in [7, 11) is 0. The minimum absolute atomic E-state index is 0.0842. The summed E-state index contributed by atoms with van der Waals surface area (Å²) in [5.41, 5.74) is 5.33. The number of ketones is 1. The van der Waals surface area contributed by atoms with E-state index in [9.17, 15) is 24.0 Å². The Morgan fingerprint density at radius 2 is 1.62 bits per heavy atom. The van der Waals surface area contributed by atoms with E-state index in [1.165, 1.54) is 0 Å². The standard InChI is InChI=1S/C38H56N4O6/c1-36(2,3)32(41-28(43)20-38(17-11-6-7-12-18-38)23-48-22-25-13-9-8-10-14-25)35(47)42-21-26-29(37(26,4)5)30(42)34(46)40-27(19-24-15-16-24)31(44)33(39)45/h8-10,13-14,24,26-27,29-30,32H,6-7,11-12,15-23H2,1-5H3,(H2,39,45)(H,40,46)(H,41,43)/t26-,27?,29-,30-,32+/m0/s1. The Labute approximate surface area is 285 Å². The van der Waals surface area contributed by atoms with E-state index >= 15 is 0 Å². The van der Waals surface area contributed by atoms with Gasteiger partial charge in [0.15, 0.2) is 0 Å². The third-order valence-corrected chi connectivity index (χ3v) is 11.5. The van der Waals surface area contributed by atoms with E-state index in [1.54, 1.807) is 4.90 Å². The first-order chi connectivity index (χ1) is 22.6. The molecule has 4 N–H and O–H groups in total. The van der Waals surface area contributed by atoms with Gasteiger partial charge in [0.25, 0.3) is 5.91 Å². The van der Waals surface area contributed by atoms with Crippen molar-refractivity contribution in [1.82, 2.24) is 15.5 Å². The lowest BCUT2D eigenvalue weighted by Gasteiger charge is -2.39. The van der Waals surface area contributed by atoms with Crippen LogP contribution in [0.5, 0.6) is 0 Å². The van der Waals surface area contributed by atoms with Crippen LogP contribution in [0.4, 0.5) is 0 Å². The first kappa shape index (κ1) is 36.0. The smallest absolute Gasteiger partial charge is 0.287 e. The van der Waals surface area contributed by atoms with E-state index < -0.39 is 41.1 Å². The zero-order valence-electron chi connectivity index (χ0n) is 29.5. The van der Waals surface area contributed by atoms with Crippen molar-refractivity contribution in [3.05, 3.63) is 35.9 Å². The van der Waals surface area contributed by atoms with Crippen LogP contribution in [0, 0.1) is 34.0 Å². The van der Waals surface area contributed by atoms with Gasteiger partial charge in [-0.05, 0) is 53.4 Å². The second-order valence-corrected chi connectivity index (χ2v) is 16.8. The van der Waals surface area contributed by atoms with Gasteiger partial charge in [0.2, 0.25) is 23.5 Å². The predicted molar refractivity (Wildman–Crippen MR) is 182 cm³/mol. The number of carbonyl (C=O) groups is 5. The Morgan fingerprint density at radius 3 is 2.21 bits per heavy atom. The van der Waals surface area contributed by atoms with Crippen LogP contribution in [0.25, 0.3) is 0 Å². The molecule has 0 bridgehead atoms. The Balaban J connectivity index is 1.30. The maximum Gasteiger partial charge on any atom is 0.287 e. The summed E-state index contributed by atoms with van der Waals surface area (Å²) in [5, 5.41) is 5.94. The molecule has 4 amide bonds. The number of amides is 4. The number of ether oxygens (including phenoxy) is 1. The van der Waals surface area contributed by atoms with Gasteiger partial charge in [-0.25, -0.2) is 0 Å². The van der Waals surface area contributed by atoms with Gasteiger partial charge < -0.3 is 26.0 Å². The van der Waals surface area contributed by atoms with Crippen molar-refractivity contribution in [2.45, 2.75) is 124 Å². The molecular weight excluding hydrogens is 608 g/mol. The van der Waals surface area contributed by atoms with Crippen molar-refractivity contribution in [3.63, 3.8) is 0 Å². The number of benzene rings is 1. The minimum atomic E-state index is -1.07. The Kier molecular flexibility index (Phi) is 10.7. The highest BCUT2D eigenvalue weighted by Crippen LogP contribution is 2.65. The number of rotatable bonds is 14. The summed E-state index contributed by atoms with van der Waals surface area (Å²) in [6, 6.07) is 7.36. The third kappa shape index (κ3) is 8.29. The summed E-state index contributed by atoms with van der Waals surface area (Å²) in [4.78, 5) is 68.4. The minimum Gasteiger partial charge on any atom is -0.376 e. The molecule has 5 rings (SSSR count). The second kappa shape index (κ2) is 14.3. The zero-order chi connectivity index (χ0) is 34.9. The number of hydrogen-bond acceptors (Lipinski definition) is 6. The summed E-state index contributed by atoms with van der Waals surface area (Å²) in [6.07, 6.45) is 8.63. The van der Waals surface area contributed by atoms with Crippen LogP contribution in [-0.2, 0) is 35.3 Å². The molecule has 264 valence electrons. The summed E-state index contributed by atoms with van der Waals surface area (Å²) >= 11 is 0. The summed E-state index contributed by atoms with van der Waals surface area (Å²) < 4.78 is 6.24. The van der Waals surface area contributed by atoms with Crippen molar-refractivity contribution in [3.8, 4) is 0 Å². The van der Waals surface area contributed by atoms with Gasteiger partial charge in [-0.15, -0.1) is 0 Å². The Hall–Kier alpha value is -3.27. The molecule has 0 radical (unpaired) electrons. The number of nitrogens with two attached hydrogens (primary N) is 1. The number of nitrogens with zero attached hydrogens (tertiary/aromatic N) is 1. The van der Waals surface area contributed by atoms with Crippen molar-refractivity contribution in [2.24, 2.45) is 39.7 Å². The van der Waals surface area contributed by atoms with Gasteiger partial charge in [-0.2, -0.15) is 0 Å². The van der Waals surface area contributed by atoms with Crippen molar-refractivity contribution >= 4 is 29.4 Å². The van der Waals surface area contributed by atoms with Gasteiger partial charge in [-0.1, -0.05) is 103 Å². The number of carbonyl (C=O) groups excluding carboxylic acids is 5. The van der Waals surface area contributed by atoms with Gasteiger partial charge in [0.05, 0.1) is 19.3 Å². The molecule has 1 unspecified atom stereocenters. The van der Waals surface area contributed by atoms with E-state index in [0.29, 0.717) is 26.2 Å². The molecule has 3 aliphatic carbocycles. The SMILES string of the molecule is CC(C)(C)[C@H](NC(=O)CC1(COCc2ccccc2)CCCCCC1)C(=O)N1C[C@H]2[C@@H]([C@H]1C(=O)NC(CC1CC1)C(=O)C(N)=O)C2(C)C. The number of Topliss-reactive ketones (excluding diaryl/α,β-unsaturated/α-hetero) is 1. The van der Waals surface area contributed by atoms with E-state index in [4.69, 9.17) is 10.5 Å². The Morgan fingerprint density at radius 1 is 0.979 bits per heavy atom. The lowest BCUT2D eigenvalue weighted by atomic mass is 9.77. The second-order valence-electron chi connectivity index (χ2n) is 16.8. The van der Waals surface area contributed by atoms with Crippen molar-refractivity contribution in [1.29, 1.82) is 0 Å². The number of nitrogens with one attached hydrogen (secondary N) is 2. The molecule has 48 heavy (non-hydrogen) atoms. The van der Waals surface area contributed by atoms with E-state index in [2.05, 4.69) is 24.5 Å². The van der Waals surface area contributed by atoms with Gasteiger partial charge >= 0.3 is 0 Å². The fourth-order valence-electron chi connectivity index (χ4n) is 8.34. The van der Waals surface area contributed by atoms with Crippen molar-refractivity contribution in [2.75, 3.05) is 13.2 Å². The number of piperidine rings is 1. The molecule has 1 aromatic rings. The van der Waals surface area contributed by atoms with Crippen LogP contribution in [0.2, 0.25) is 0 Å². The van der Waals surface area contributed by atoms with E-state index in [-0.39, 0.29) is 46.8 Å². The van der Waals surface area contributed by atoms with E-state index in [0.717, 1.165) is 56.9 Å². The highest BCUT2D eigenvalue weighted by Gasteiger charge is 2.70. The van der Waals surface area contributed by atoms with E-state index in [1.807, 2.05) is 51.1 Å². The molecular formula is C38H56N4O6. The van der Waals surface area contributed by atoms with Gasteiger partial charge in [0, 0.05) is 18.4 Å². The molecule has 1 aliphatic heterocycles. The molecule has 1 heterocycles. The molecule has 0 aromatic heterocycles. The third-order valence-electron chi connectivity index (χ3n) is 11.5. The first-order valence-corrected chi connectivity index (χ1v) is 18.0. The number of likely N-dealkylation sites (tertiary alicyclic amines) is 1. The Bertz CT molecular complexity index is 1360. The molecule has 1 aromatic carbocycles. The van der Waals surface area contributed by atoms with Crippen molar-refractivity contribution < 1.29 is 28.7 Å². The van der Waals surface area contributed by atoms with Crippen LogP contribution >= 0.6 is 0 Å². The molecule has 5 atom stereocenters. The monoisotopic (exact) mass is 664 g/mol. The van der Waals surface area contributed by atoms with Crippen LogP contribution in [-0.4, -0.2) is 65.6 Å². The molecule has 10 heteroatoms. The lowest BCUT2D eigenvalue weighted by Crippen LogP contribution is -2.60. The molecule has 4 fully saturated rings. The lowest BCUT2D eigenvalue weighted by molar-refractivity contribution is -0.147. The highest BCUT2D eigenvalue weighted by molar-refractivity contribution is 6.37. The zero-order valence-corrected chi connectivity index (χ0v) is 29.5. The molecule has 3 saturated carbocycles. The largest absolute Gasteiger partial charge is 0.376 e. The topological polar surface area (TPSA) is 148 Å². The average molecular weight is 665 g/mol. The fourth-order valence-corrected chi connectivity index (χ4v) is 8.34. The summed E-state index contributed by atoms with van der Waals surface area (Å²) in [6.45, 7) is 11.3. The van der Waals surface area contributed by atoms with Crippen LogP contribution in [0.3, 0.4) is 0 Å². The van der Waals surface area contributed by atoms with Crippen LogP contribution < -0.4 is 16.4 Å². The number of hydrogen-bond donors (Lipinski definition) is 3. The molecule has 10 nitrogen and oxygen atoms in total. The van der Waals surface area contributed by atoms with Gasteiger partial charge in [0.1, 0.15) is 12.1 Å². The van der Waals surface area contributed by atoms with Gasteiger partial charge in [-0.3, -0.25) is 24.0 Å². The quantitative estimate of drug-likeness (QED) is 0.200. The van der Waals surface area contributed by atoms with Crippen LogP contribution in [0.15, 0.2) is 30.3 Å². The molecule has 0 spiro atoms. The predicted octanol–water partition coefficient (Wildman–Crippen LogP) is 4.29. The number of fused-ring (bicyclic) bond motifs is 1. The maximum atomic E-state index is 14.5. The molecule has 1 saturated heterocycles. The highest BCUT2D eigenvalue weighted by atomic mass is 16.5. The molecule has 4 aliphatic rings. The maximum absolute atomic E-state index is 14.5. The number of primary amides is 1. The fraction of sp³-hybridized carbons (Fsp3) is 0.711. The summed E-state index contributed by atoms with van der Waals surface area (Å²) in [5.74, 6) is -2.49. The first-order valence-electron chi connectivity index (χ1n) is 18.0. The van der Waals surface area contributed by atoms with Crippen LogP contribution in [0.1, 0.15) is 104 Å².